The van der Waals surface area contributed by atoms with Crippen LogP contribution in [0.15, 0.2) is 0 Å². The van der Waals surface area contributed by atoms with Gasteiger partial charge >= 0.3 is 0 Å². The molecule has 1 saturated carbocycles. The minimum absolute atomic E-state index is 0.00539. The van der Waals surface area contributed by atoms with Crippen LogP contribution in [0.2, 0.25) is 0 Å². The topological polar surface area (TPSA) is 55.5 Å². The van der Waals surface area contributed by atoms with E-state index in [-0.39, 0.29) is 24.4 Å². The first kappa shape index (κ1) is 12.0. The van der Waals surface area contributed by atoms with Crippen molar-refractivity contribution in [2.24, 2.45) is 11.7 Å². The summed E-state index contributed by atoms with van der Waals surface area (Å²) in [6, 6.07) is 0.00539. The molecule has 1 fully saturated rings. The Hall–Kier alpha value is -0.120. The van der Waals surface area contributed by atoms with Crippen molar-refractivity contribution >= 4 is 0 Å². The molecular formula is C11H23NO2. The van der Waals surface area contributed by atoms with Gasteiger partial charge in [-0.2, -0.15) is 0 Å². The number of aliphatic hydroxyl groups is 1. The summed E-state index contributed by atoms with van der Waals surface area (Å²) in [7, 11) is 0. The van der Waals surface area contributed by atoms with E-state index in [9.17, 15) is 5.11 Å². The van der Waals surface area contributed by atoms with E-state index in [2.05, 4.69) is 6.92 Å². The van der Waals surface area contributed by atoms with E-state index >= 15 is 0 Å². The van der Waals surface area contributed by atoms with Crippen LogP contribution in [0, 0.1) is 5.92 Å². The zero-order chi connectivity index (χ0) is 10.8. The van der Waals surface area contributed by atoms with Gasteiger partial charge in [-0.3, -0.25) is 0 Å². The number of ether oxygens (including phenoxy) is 1. The standard InChI is InChI=1S/C11H23NO2/c1-4-11(2,3)14-9(7-13)10(12)8-5-6-8/h8-10,13H,4-7,12H2,1-3H3. The van der Waals surface area contributed by atoms with Gasteiger partial charge in [0.15, 0.2) is 0 Å². The lowest BCUT2D eigenvalue weighted by molar-refractivity contribution is -0.103. The highest BCUT2D eigenvalue weighted by Crippen LogP contribution is 2.34. The highest BCUT2D eigenvalue weighted by Gasteiger charge is 2.36. The zero-order valence-electron chi connectivity index (χ0n) is 9.49. The first-order chi connectivity index (χ1) is 6.50. The third kappa shape index (κ3) is 3.23. The summed E-state index contributed by atoms with van der Waals surface area (Å²) in [5.41, 5.74) is 5.83. The van der Waals surface area contributed by atoms with Crippen LogP contribution in [0.3, 0.4) is 0 Å². The average Bonchev–Trinajstić information content (AvgIpc) is 2.96. The molecule has 0 aromatic carbocycles. The van der Waals surface area contributed by atoms with E-state index in [4.69, 9.17) is 10.5 Å². The number of rotatable bonds is 6. The van der Waals surface area contributed by atoms with Crippen LogP contribution in [0.1, 0.15) is 40.0 Å². The van der Waals surface area contributed by atoms with Crippen LogP contribution in [-0.4, -0.2) is 29.5 Å². The van der Waals surface area contributed by atoms with Gasteiger partial charge in [-0.05, 0) is 39.0 Å². The van der Waals surface area contributed by atoms with Crippen molar-refractivity contribution in [2.75, 3.05) is 6.61 Å². The summed E-state index contributed by atoms with van der Waals surface area (Å²) < 4.78 is 5.82. The molecule has 3 N–H and O–H groups in total. The summed E-state index contributed by atoms with van der Waals surface area (Å²) in [5, 5.41) is 9.23. The predicted octanol–water partition coefficient (Wildman–Crippen LogP) is 1.29. The van der Waals surface area contributed by atoms with Gasteiger partial charge in [0.25, 0.3) is 0 Å². The van der Waals surface area contributed by atoms with Crippen LogP contribution in [-0.2, 0) is 4.74 Å². The predicted molar refractivity (Wildman–Crippen MR) is 57.0 cm³/mol. The smallest absolute Gasteiger partial charge is 0.0966 e. The van der Waals surface area contributed by atoms with Crippen molar-refractivity contribution in [3.8, 4) is 0 Å². The van der Waals surface area contributed by atoms with E-state index in [0.717, 1.165) is 6.42 Å². The molecule has 1 aliphatic carbocycles. The van der Waals surface area contributed by atoms with Gasteiger partial charge in [0.1, 0.15) is 0 Å². The highest BCUT2D eigenvalue weighted by molar-refractivity contribution is 4.90. The highest BCUT2D eigenvalue weighted by atomic mass is 16.5. The molecule has 0 bridgehead atoms. The summed E-state index contributed by atoms with van der Waals surface area (Å²) in [6.45, 7) is 6.18. The molecule has 0 saturated heterocycles. The monoisotopic (exact) mass is 201 g/mol. The van der Waals surface area contributed by atoms with Gasteiger partial charge in [-0.25, -0.2) is 0 Å². The molecule has 0 heterocycles. The molecule has 0 spiro atoms. The lowest BCUT2D eigenvalue weighted by atomic mass is 10.0. The van der Waals surface area contributed by atoms with Crippen LogP contribution >= 0.6 is 0 Å². The lowest BCUT2D eigenvalue weighted by Gasteiger charge is -2.32. The minimum atomic E-state index is -0.197. The molecule has 2 atom stereocenters. The zero-order valence-corrected chi connectivity index (χ0v) is 9.49. The Balaban J connectivity index is 2.44. The van der Waals surface area contributed by atoms with Crippen LogP contribution in [0.4, 0.5) is 0 Å². The molecule has 1 rings (SSSR count). The molecule has 1 aliphatic rings. The molecule has 0 aromatic heterocycles. The molecule has 3 heteroatoms. The Morgan fingerprint density at radius 2 is 2.07 bits per heavy atom. The first-order valence-corrected chi connectivity index (χ1v) is 5.54. The maximum atomic E-state index is 9.23. The van der Waals surface area contributed by atoms with E-state index in [1.54, 1.807) is 0 Å². The van der Waals surface area contributed by atoms with Gasteiger partial charge in [0.2, 0.25) is 0 Å². The van der Waals surface area contributed by atoms with Gasteiger partial charge in [-0.1, -0.05) is 6.92 Å². The number of aliphatic hydroxyl groups excluding tert-OH is 1. The molecule has 0 amide bonds. The normalized spacial score (nSPS) is 22.1. The minimum Gasteiger partial charge on any atom is -0.394 e. The van der Waals surface area contributed by atoms with Crippen molar-refractivity contribution in [2.45, 2.75) is 57.8 Å². The third-order valence-corrected chi connectivity index (χ3v) is 3.10. The van der Waals surface area contributed by atoms with Crippen molar-refractivity contribution in [1.29, 1.82) is 0 Å². The molecule has 0 aliphatic heterocycles. The SMILES string of the molecule is CCC(C)(C)OC(CO)C(N)C1CC1. The number of nitrogens with two attached hydrogens (primary N) is 1. The molecular weight excluding hydrogens is 178 g/mol. The van der Waals surface area contributed by atoms with E-state index in [1.807, 2.05) is 13.8 Å². The molecule has 2 unspecified atom stereocenters. The maximum absolute atomic E-state index is 9.23. The molecule has 14 heavy (non-hydrogen) atoms. The second kappa shape index (κ2) is 4.60. The summed E-state index contributed by atoms with van der Waals surface area (Å²) in [6.07, 6.45) is 3.11. The summed E-state index contributed by atoms with van der Waals surface area (Å²) in [4.78, 5) is 0. The van der Waals surface area contributed by atoms with E-state index in [0.29, 0.717) is 5.92 Å². The molecule has 0 aromatic rings. The maximum Gasteiger partial charge on any atom is 0.0966 e. The first-order valence-electron chi connectivity index (χ1n) is 5.54. The van der Waals surface area contributed by atoms with E-state index < -0.39 is 0 Å². The summed E-state index contributed by atoms with van der Waals surface area (Å²) >= 11 is 0. The van der Waals surface area contributed by atoms with Crippen LogP contribution in [0.25, 0.3) is 0 Å². The summed E-state index contributed by atoms with van der Waals surface area (Å²) in [5.74, 6) is 0.569. The van der Waals surface area contributed by atoms with Crippen LogP contribution < -0.4 is 5.73 Å². The Kier molecular flexibility index (Phi) is 3.93. The molecule has 84 valence electrons. The Morgan fingerprint density at radius 1 is 1.50 bits per heavy atom. The van der Waals surface area contributed by atoms with Crippen molar-refractivity contribution in [3.63, 3.8) is 0 Å². The molecule has 0 radical (unpaired) electrons. The van der Waals surface area contributed by atoms with Gasteiger partial charge < -0.3 is 15.6 Å². The fourth-order valence-electron chi connectivity index (χ4n) is 1.52. The van der Waals surface area contributed by atoms with Crippen molar-refractivity contribution < 1.29 is 9.84 Å². The van der Waals surface area contributed by atoms with Gasteiger partial charge in [0, 0.05) is 6.04 Å². The second-order valence-electron chi connectivity index (χ2n) is 4.87. The number of hydrogen-bond donors (Lipinski definition) is 2. The molecule has 3 nitrogen and oxygen atoms in total. The number of hydrogen-bond acceptors (Lipinski definition) is 3. The quantitative estimate of drug-likeness (QED) is 0.681. The Morgan fingerprint density at radius 3 is 2.43 bits per heavy atom. The van der Waals surface area contributed by atoms with E-state index in [1.165, 1.54) is 12.8 Å². The Bertz CT molecular complexity index is 178. The van der Waals surface area contributed by atoms with Crippen molar-refractivity contribution in [1.82, 2.24) is 0 Å². The Labute approximate surface area is 86.6 Å². The largest absolute Gasteiger partial charge is 0.394 e. The van der Waals surface area contributed by atoms with Crippen LogP contribution in [0.5, 0.6) is 0 Å². The average molecular weight is 201 g/mol. The van der Waals surface area contributed by atoms with Gasteiger partial charge in [-0.15, -0.1) is 0 Å². The van der Waals surface area contributed by atoms with Crippen molar-refractivity contribution in [3.05, 3.63) is 0 Å². The second-order valence-corrected chi connectivity index (χ2v) is 4.87. The fourth-order valence-corrected chi connectivity index (χ4v) is 1.52. The van der Waals surface area contributed by atoms with Gasteiger partial charge in [0.05, 0.1) is 18.3 Å². The lowest BCUT2D eigenvalue weighted by Crippen LogP contribution is -2.45. The third-order valence-electron chi connectivity index (χ3n) is 3.10. The fraction of sp³-hybridized carbons (Fsp3) is 1.00.